The fourth-order valence-electron chi connectivity index (χ4n) is 2.04. The summed E-state index contributed by atoms with van der Waals surface area (Å²) in [6, 6.07) is -1.15. The number of hydrogen-bond donors (Lipinski definition) is 2. The number of hydrogen-bond acceptors (Lipinski definition) is 5. The molecule has 1 aliphatic heterocycles. The molecule has 0 bridgehead atoms. The lowest BCUT2D eigenvalue weighted by molar-refractivity contribution is -0.143. The summed E-state index contributed by atoms with van der Waals surface area (Å²) in [6.45, 7) is 2.42. The zero-order valence-corrected chi connectivity index (χ0v) is 11.4. The van der Waals surface area contributed by atoms with Gasteiger partial charge in [0.25, 0.3) is 0 Å². The lowest BCUT2D eigenvalue weighted by Gasteiger charge is -2.32. The zero-order valence-electron chi connectivity index (χ0n) is 10.6. The summed E-state index contributed by atoms with van der Waals surface area (Å²) in [5, 5.41) is 20.7. The number of rotatable bonds is 3. The van der Waals surface area contributed by atoms with Gasteiger partial charge in [-0.15, -0.1) is 10.2 Å². The summed E-state index contributed by atoms with van der Waals surface area (Å²) in [5.41, 5.74) is 0. The van der Waals surface area contributed by atoms with Crippen molar-refractivity contribution in [2.75, 3.05) is 11.9 Å². The lowest BCUT2D eigenvalue weighted by Crippen LogP contribution is -2.49. The van der Waals surface area contributed by atoms with Crippen LogP contribution in [-0.2, 0) is 11.2 Å². The Labute approximate surface area is 114 Å². The van der Waals surface area contributed by atoms with Crippen molar-refractivity contribution in [3.8, 4) is 0 Å². The Morgan fingerprint density at radius 3 is 2.89 bits per heavy atom. The van der Waals surface area contributed by atoms with Gasteiger partial charge in [0.05, 0.1) is 0 Å². The highest BCUT2D eigenvalue weighted by Crippen LogP contribution is 2.20. The first kappa shape index (κ1) is 13.7. The van der Waals surface area contributed by atoms with E-state index in [2.05, 4.69) is 15.5 Å². The summed E-state index contributed by atoms with van der Waals surface area (Å²) in [5.74, 6) is -0.957. The molecule has 1 aliphatic rings. The third kappa shape index (κ3) is 3.19. The second-order valence-corrected chi connectivity index (χ2v) is 5.39. The Balaban J connectivity index is 2.03. The molecule has 19 heavy (non-hydrogen) atoms. The number of carboxylic acids is 1. The predicted molar refractivity (Wildman–Crippen MR) is 70.3 cm³/mol. The first-order chi connectivity index (χ1) is 9.11. The normalized spacial score (nSPS) is 19.2. The number of nitrogens with one attached hydrogen (secondary N) is 1. The third-order valence-electron chi connectivity index (χ3n) is 3.03. The van der Waals surface area contributed by atoms with E-state index in [1.54, 1.807) is 0 Å². The minimum Gasteiger partial charge on any atom is -0.480 e. The second-order valence-electron chi connectivity index (χ2n) is 4.33. The largest absolute Gasteiger partial charge is 0.480 e. The molecule has 8 heteroatoms. The van der Waals surface area contributed by atoms with E-state index in [0.717, 1.165) is 24.3 Å². The third-order valence-corrected chi connectivity index (χ3v) is 4.01. The molecule has 0 radical (unpaired) electrons. The molecule has 2 rings (SSSR count). The molecule has 1 aromatic rings. The van der Waals surface area contributed by atoms with E-state index >= 15 is 0 Å². The number of carbonyl (C=O) groups excluding carboxylic acids is 1. The molecule has 1 unspecified atom stereocenters. The lowest BCUT2D eigenvalue weighted by atomic mass is 10.0. The quantitative estimate of drug-likeness (QED) is 0.878. The van der Waals surface area contributed by atoms with E-state index in [1.165, 1.54) is 16.2 Å². The van der Waals surface area contributed by atoms with Gasteiger partial charge in [0.2, 0.25) is 5.13 Å². The van der Waals surface area contributed by atoms with Crippen molar-refractivity contribution in [3.05, 3.63) is 5.01 Å². The molecule has 1 aromatic heterocycles. The molecule has 0 saturated carbocycles. The number of urea groups is 1. The topological polar surface area (TPSA) is 95.4 Å². The number of aromatic nitrogens is 2. The summed E-state index contributed by atoms with van der Waals surface area (Å²) in [4.78, 5) is 24.6. The van der Waals surface area contributed by atoms with E-state index in [4.69, 9.17) is 5.11 Å². The Bertz CT molecular complexity index is 476. The fraction of sp³-hybridized carbons (Fsp3) is 0.636. The summed E-state index contributed by atoms with van der Waals surface area (Å²) in [6.07, 6.45) is 2.92. The van der Waals surface area contributed by atoms with Crippen molar-refractivity contribution in [3.63, 3.8) is 0 Å². The van der Waals surface area contributed by atoms with Crippen LogP contribution in [-0.4, -0.2) is 44.8 Å². The van der Waals surface area contributed by atoms with E-state index in [1.807, 2.05) is 6.92 Å². The number of carbonyl (C=O) groups is 2. The van der Waals surface area contributed by atoms with Crippen LogP contribution >= 0.6 is 11.3 Å². The minimum absolute atomic E-state index is 0.411. The Morgan fingerprint density at radius 1 is 1.47 bits per heavy atom. The minimum atomic E-state index is -0.957. The first-order valence-corrected chi connectivity index (χ1v) is 7.06. The van der Waals surface area contributed by atoms with Crippen LogP contribution in [0.4, 0.5) is 9.93 Å². The van der Waals surface area contributed by atoms with E-state index in [9.17, 15) is 9.59 Å². The Kier molecular flexibility index (Phi) is 4.31. The summed E-state index contributed by atoms with van der Waals surface area (Å²) >= 11 is 1.31. The van der Waals surface area contributed by atoms with Gasteiger partial charge < -0.3 is 10.0 Å². The number of carboxylic acid groups (broad SMARTS) is 1. The van der Waals surface area contributed by atoms with Gasteiger partial charge >= 0.3 is 12.0 Å². The highest BCUT2D eigenvalue weighted by Gasteiger charge is 2.32. The fourth-order valence-corrected chi connectivity index (χ4v) is 2.71. The second kappa shape index (κ2) is 5.96. The van der Waals surface area contributed by atoms with Gasteiger partial charge in [0.15, 0.2) is 0 Å². The maximum Gasteiger partial charge on any atom is 0.326 e. The standard InChI is InChI=1S/C11H16N4O3S/c1-2-8-13-14-10(19-8)12-11(18)15-6-4-3-5-7(15)9(16)17/h7H,2-6H2,1H3,(H,16,17)(H,12,14,18). The molecule has 104 valence electrons. The number of nitrogens with zero attached hydrogens (tertiary/aromatic N) is 3. The van der Waals surface area contributed by atoms with Gasteiger partial charge in [0.1, 0.15) is 11.0 Å². The number of anilines is 1. The van der Waals surface area contributed by atoms with Crippen LogP contribution in [0.1, 0.15) is 31.2 Å². The molecule has 7 nitrogen and oxygen atoms in total. The number of aryl methyl sites for hydroxylation is 1. The number of piperidine rings is 1. The van der Waals surface area contributed by atoms with E-state index in [0.29, 0.717) is 18.1 Å². The van der Waals surface area contributed by atoms with Crippen LogP contribution in [0.3, 0.4) is 0 Å². The Hall–Kier alpha value is -1.70. The summed E-state index contributed by atoms with van der Waals surface area (Å²) < 4.78 is 0. The number of likely N-dealkylation sites (tertiary alicyclic amines) is 1. The maximum absolute atomic E-state index is 12.1. The van der Waals surface area contributed by atoms with Crippen molar-refractivity contribution in [1.29, 1.82) is 0 Å². The van der Waals surface area contributed by atoms with E-state index in [-0.39, 0.29) is 0 Å². The van der Waals surface area contributed by atoms with Crippen molar-refractivity contribution >= 4 is 28.5 Å². The number of aliphatic carboxylic acids is 1. The van der Waals surface area contributed by atoms with E-state index < -0.39 is 18.0 Å². The molecule has 0 aliphatic carbocycles. The molecule has 1 saturated heterocycles. The highest BCUT2D eigenvalue weighted by atomic mass is 32.1. The molecule has 0 spiro atoms. The van der Waals surface area contributed by atoms with Crippen molar-refractivity contribution in [2.24, 2.45) is 0 Å². The van der Waals surface area contributed by atoms with Crippen LogP contribution in [0.15, 0.2) is 0 Å². The average Bonchev–Trinajstić information content (AvgIpc) is 2.86. The average molecular weight is 284 g/mol. The first-order valence-electron chi connectivity index (χ1n) is 6.24. The smallest absolute Gasteiger partial charge is 0.326 e. The molecule has 2 N–H and O–H groups in total. The Morgan fingerprint density at radius 2 is 2.26 bits per heavy atom. The molecule has 2 amide bonds. The van der Waals surface area contributed by atoms with Crippen LogP contribution in [0.25, 0.3) is 0 Å². The predicted octanol–water partition coefficient (Wildman–Crippen LogP) is 1.57. The van der Waals surface area contributed by atoms with Crippen molar-refractivity contribution in [2.45, 2.75) is 38.6 Å². The van der Waals surface area contributed by atoms with Crippen molar-refractivity contribution in [1.82, 2.24) is 15.1 Å². The number of amides is 2. The van der Waals surface area contributed by atoms with Gasteiger partial charge in [-0.1, -0.05) is 18.3 Å². The summed E-state index contributed by atoms with van der Waals surface area (Å²) in [7, 11) is 0. The van der Waals surface area contributed by atoms with Gasteiger partial charge in [-0.25, -0.2) is 9.59 Å². The zero-order chi connectivity index (χ0) is 13.8. The SMILES string of the molecule is CCc1nnc(NC(=O)N2CCCCC2C(=O)O)s1. The molecular weight excluding hydrogens is 268 g/mol. The molecule has 1 atom stereocenters. The molecule has 2 heterocycles. The van der Waals surface area contributed by atoms with Gasteiger partial charge in [-0.05, 0) is 25.7 Å². The molecular formula is C11H16N4O3S. The van der Waals surface area contributed by atoms with Crippen molar-refractivity contribution < 1.29 is 14.7 Å². The monoisotopic (exact) mass is 284 g/mol. The molecule has 0 aromatic carbocycles. The molecule has 1 fully saturated rings. The van der Waals surface area contributed by atoms with Crippen LogP contribution < -0.4 is 5.32 Å². The van der Waals surface area contributed by atoms with Crippen LogP contribution in [0.5, 0.6) is 0 Å². The highest BCUT2D eigenvalue weighted by molar-refractivity contribution is 7.15. The van der Waals surface area contributed by atoms with Gasteiger partial charge in [-0.3, -0.25) is 5.32 Å². The van der Waals surface area contributed by atoms with Crippen LogP contribution in [0.2, 0.25) is 0 Å². The van der Waals surface area contributed by atoms with Crippen LogP contribution in [0, 0.1) is 0 Å². The van der Waals surface area contributed by atoms with Gasteiger partial charge in [-0.2, -0.15) is 0 Å². The maximum atomic E-state index is 12.1. The van der Waals surface area contributed by atoms with Gasteiger partial charge in [0, 0.05) is 6.54 Å².